The van der Waals surface area contributed by atoms with Gasteiger partial charge >= 0.3 is 0 Å². The summed E-state index contributed by atoms with van der Waals surface area (Å²) >= 11 is 0. The van der Waals surface area contributed by atoms with E-state index in [1.807, 2.05) is 0 Å². The SMILES string of the molecule is Cc1ccc2c(c1)C(CC(=O)NCC(=O)NC1CC1)CC21CCN(C(=O)C23CC(C2)C3)CC1. The molecule has 1 aromatic carbocycles. The van der Waals surface area contributed by atoms with Gasteiger partial charge in [0.1, 0.15) is 0 Å². The zero-order valence-electron chi connectivity index (χ0n) is 19.6. The van der Waals surface area contributed by atoms with Crippen LogP contribution in [-0.4, -0.2) is 48.3 Å². The molecule has 1 aromatic rings. The Bertz CT molecular complexity index is 989. The predicted octanol–water partition coefficient (Wildman–Crippen LogP) is 2.93. The second-order valence-electron chi connectivity index (χ2n) is 11.6. The van der Waals surface area contributed by atoms with Gasteiger partial charge in [0.15, 0.2) is 0 Å². The molecule has 5 aliphatic carbocycles. The first kappa shape index (κ1) is 21.2. The van der Waals surface area contributed by atoms with Gasteiger partial charge in [0.2, 0.25) is 17.7 Å². The Balaban J connectivity index is 1.11. The quantitative estimate of drug-likeness (QED) is 0.701. The van der Waals surface area contributed by atoms with Crippen molar-refractivity contribution in [2.24, 2.45) is 11.3 Å². The molecule has 5 fully saturated rings. The Morgan fingerprint density at radius 3 is 2.39 bits per heavy atom. The van der Waals surface area contributed by atoms with Crippen LogP contribution in [0.4, 0.5) is 0 Å². The molecular formula is C27H35N3O3. The lowest BCUT2D eigenvalue weighted by molar-refractivity contribution is -0.178. The minimum absolute atomic E-state index is 0.00624. The fourth-order valence-corrected chi connectivity index (χ4v) is 7.04. The first-order valence-electron chi connectivity index (χ1n) is 12.8. The van der Waals surface area contributed by atoms with E-state index in [9.17, 15) is 14.4 Å². The summed E-state index contributed by atoms with van der Waals surface area (Å²) < 4.78 is 0. The van der Waals surface area contributed by atoms with Crippen LogP contribution in [0.3, 0.4) is 0 Å². The summed E-state index contributed by atoms with van der Waals surface area (Å²) in [7, 11) is 0. The van der Waals surface area contributed by atoms with Crippen molar-refractivity contribution in [2.75, 3.05) is 19.6 Å². The van der Waals surface area contributed by atoms with E-state index in [0.29, 0.717) is 18.4 Å². The second-order valence-corrected chi connectivity index (χ2v) is 11.6. The van der Waals surface area contributed by atoms with Crippen LogP contribution in [0.15, 0.2) is 18.2 Å². The second kappa shape index (κ2) is 7.57. The molecule has 1 saturated heterocycles. The Kier molecular flexibility index (Phi) is 4.86. The van der Waals surface area contributed by atoms with Crippen molar-refractivity contribution in [1.82, 2.24) is 15.5 Å². The highest BCUT2D eigenvalue weighted by Gasteiger charge is 2.62. The van der Waals surface area contributed by atoms with E-state index in [-0.39, 0.29) is 35.1 Å². The molecule has 6 aliphatic rings. The van der Waals surface area contributed by atoms with Crippen molar-refractivity contribution in [3.8, 4) is 0 Å². The molecule has 1 atom stereocenters. The van der Waals surface area contributed by atoms with E-state index in [1.54, 1.807) is 0 Å². The Morgan fingerprint density at radius 2 is 1.76 bits per heavy atom. The molecule has 1 unspecified atom stereocenters. The maximum atomic E-state index is 13.1. The number of nitrogens with zero attached hydrogens (tertiary/aromatic N) is 1. The molecule has 0 radical (unpaired) electrons. The first-order valence-corrected chi connectivity index (χ1v) is 12.8. The topological polar surface area (TPSA) is 78.5 Å². The van der Waals surface area contributed by atoms with Gasteiger partial charge in [0.25, 0.3) is 0 Å². The third-order valence-corrected chi connectivity index (χ3v) is 9.18. The molecule has 4 saturated carbocycles. The van der Waals surface area contributed by atoms with Gasteiger partial charge < -0.3 is 15.5 Å². The van der Waals surface area contributed by atoms with E-state index in [4.69, 9.17) is 0 Å². The molecule has 7 rings (SSSR count). The van der Waals surface area contributed by atoms with Crippen LogP contribution >= 0.6 is 0 Å². The van der Waals surface area contributed by atoms with Gasteiger partial charge in [-0.3, -0.25) is 14.4 Å². The van der Waals surface area contributed by atoms with E-state index < -0.39 is 0 Å². The molecule has 1 aliphatic heterocycles. The van der Waals surface area contributed by atoms with Gasteiger partial charge in [-0.2, -0.15) is 0 Å². The Labute approximate surface area is 195 Å². The fourth-order valence-electron chi connectivity index (χ4n) is 7.04. The lowest BCUT2D eigenvalue weighted by Gasteiger charge is -2.61. The standard InChI is InChI=1S/C27H35N3O3/c1-17-2-5-22-21(10-17)19(11-23(31)28-16-24(32)29-20-3-4-20)15-26(22)6-8-30(9-7-26)25(33)27-12-18(13-27)14-27/h2,5,10,18-20H,3-4,6-9,11-16H2,1H3,(H,28,31)(H,29,32). The van der Waals surface area contributed by atoms with Crippen LogP contribution in [0.5, 0.6) is 0 Å². The molecule has 176 valence electrons. The van der Waals surface area contributed by atoms with Crippen molar-refractivity contribution in [2.45, 2.75) is 82.1 Å². The van der Waals surface area contributed by atoms with Crippen LogP contribution in [0.1, 0.15) is 80.4 Å². The zero-order chi connectivity index (χ0) is 22.8. The van der Waals surface area contributed by atoms with Crippen molar-refractivity contribution >= 4 is 17.7 Å². The highest BCUT2D eigenvalue weighted by atomic mass is 16.2. The summed E-state index contributed by atoms with van der Waals surface area (Å²) in [5.74, 6) is 1.26. The number of likely N-dealkylation sites (tertiary alicyclic amines) is 1. The van der Waals surface area contributed by atoms with Gasteiger partial charge in [0, 0.05) is 25.6 Å². The highest BCUT2D eigenvalue weighted by Crippen LogP contribution is 2.65. The van der Waals surface area contributed by atoms with E-state index in [0.717, 1.165) is 70.4 Å². The average Bonchev–Trinajstić information content (AvgIpc) is 3.49. The van der Waals surface area contributed by atoms with E-state index in [1.165, 1.54) is 16.7 Å². The Hall–Kier alpha value is -2.37. The smallest absolute Gasteiger partial charge is 0.239 e. The number of benzene rings is 1. The van der Waals surface area contributed by atoms with Crippen LogP contribution in [0.25, 0.3) is 0 Å². The number of fused-ring (bicyclic) bond motifs is 2. The van der Waals surface area contributed by atoms with Crippen LogP contribution in [0, 0.1) is 18.3 Å². The van der Waals surface area contributed by atoms with Gasteiger partial charge in [0.05, 0.1) is 12.0 Å². The van der Waals surface area contributed by atoms with Crippen molar-refractivity contribution in [3.05, 3.63) is 34.9 Å². The lowest BCUT2D eigenvalue weighted by Crippen LogP contribution is -2.62. The number of amides is 3. The van der Waals surface area contributed by atoms with Crippen molar-refractivity contribution in [3.63, 3.8) is 0 Å². The molecule has 1 heterocycles. The van der Waals surface area contributed by atoms with Gasteiger partial charge in [-0.1, -0.05) is 23.8 Å². The van der Waals surface area contributed by atoms with Gasteiger partial charge in [-0.25, -0.2) is 0 Å². The number of carbonyl (C=O) groups is 3. The molecule has 6 heteroatoms. The average molecular weight is 450 g/mol. The molecule has 33 heavy (non-hydrogen) atoms. The van der Waals surface area contributed by atoms with Crippen LogP contribution < -0.4 is 10.6 Å². The minimum Gasteiger partial charge on any atom is -0.352 e. The maximum absolute atomic E-state index is 13.1. The number of piperidine rings is 1. The number of hydrogen-bond donors (Lipinski definition) is 2. The van der Waals surface area contributed by atoms with Crippen molar-refractivity contribution < 1.29 is 14.4 Å². The molecule has 0 aromatic heterocycles. The van der Waals surface area contributed by atoms with E-state index in [2.05, 4.69) is 40.7 Å². The highest BCUT2D eigenvalue weighted by molar-refractivity contribution is 5.86. The van der Waals surface area contributed by atoms with Gasteiger partial charge in [-0.15, -0.1) is 0 Å². The number of nitrogens with one attached hydrogen (secondary N) is 2. The van der Waals surface area contributed by atoms with Gasteiger partial charge in [-0.05, 0) is 86.7 Å². The molecular weight excluding hydrogens is 414 g/mol. The Morgan fingerprint density at radius 1 is 1.03 bits per heavy atom. The lowest BCUT2D eigenvalue weighted by atomic mass is 9.44. The molecule has 2 bridgehead atoms. The zero-order valence-corrected chi connectivity index (χ0v) is 19.6. The van der Waals surface area contributed by atoms with Crippen LogP contribution in [-0.2, 0) is 19.8 Å². The summed E-state index contributed by atoms with van der Waals surface area (Å²) in [6, 6.07) is 7.02. The molecule has 3 amide bonds. The third kappa shape index (κ3) is 3.66. The normalized spacial score (nSPS) is 30.8. The third-order valence-electron chi connectivity index (χ3n) is 9.18. The largest absolute Gasteiger partial charge is 0.352 e. The number of carbonyl (C=O) groups excluding carboxylic acids is 3. The molecule has 1 spiro atoms. The molecule has 2 N–H and O–H groups in total. The minimum atomic E-state index is -0.0919. The number of aryl methyl sites for hydroxylation is 1. The van der Waals surface area contributed by atoms with Crippen molar-refractivity contribution in [1.29, 1.82) is 0 Å². The maximum Gasteiger partial charge on any atom is 0.239 e. The summed E-state index contributed by atoms with van der Waals surface area (Å²) in [5.41, 5.74) is 3.97. The summed E-state index contributed by atoms with van der Waals surface area (Å²) in [6.07, 6.45) is 8.79. The predicted molar refractivity (Wildman–Crippen MR) is 125 cm³/mol. The summed E-state index contributed by atoms with van der Waals surface area (Å²) in [6.45, 7) is 3.83. The summed E-state index contributed by atoms with van der Waals surface area (Å²) in [5, 5.41) is 5.75. The van der Waals surface area contributed by atoms with Crippen LogP contribution in [0.2, 0.25) is 0 Å². The van der Waals surface area contributed by atoms with E-state index >= 15 is 0 Å². The number of rotatable bonds is 6. The first-order chi connectivity index (χ1) is 15.9. The summed E-state index contributed by atoms with van der Waals surface area (Å²) in [4.78, 5) is 39.9. The monoisotopic (exact) mass is 449 g/mol. The fraction of sp³-hybridized carbons (Fsp3) is 0.667. The number of hydrogen-bond acceptors (Lipinski definition) is 3. The molecule has 6 nitrogen and oxygen atoms in total.